The summed E-state index contributed by atoms with van der Waals surface area (Å²) in [6.07, 6.45) is -3.48. The van der Waals surface area contributed by atoms with Crippen molar-refractivity contribution in [1.82, 2.24) is 10.6 Å². The first-order chi connectivity index (χ1) is 8.46. The topological polar surface area (TPSA) is 58.2 Å². The molecule has 0 aromatic heterocycles. The van der Waals surface area contributed by atoms with Gasteiger partial charge in [0.1, 0.15) is 6.54 Å². The van der Waals surface area contributed by atoms with E-state index < -0.39 is 36.0 Å². The van der Waals surface area contributed by atoms with Crippen LogP contribution in [0.3, 0.4) is 0 Å². The Balaban J connectivity index is 4.58. The van der Waals surface area contributed by atoms with Crippen LogP contribution in [0.2, 0.25) is 0 Å². The Kier molecular flexibility index (Phi) is 6.48. The fraction of sp³-hybridized carbons (Fsp3) is 0.833. The van der Waals surface area contributed by atoms with Crippen LogP contribution >= 0.6 is 0 Å². The minimum absolute atomic E-state index is 0.398. The molecule has 0 rings (SSSR count). The molecule has 19 heavy (non-hydrogen) atoms. The number of carbonyl (C=O) groups is 2. The molecule has 0 spiro atoms. The highest BCUT2D eigenvalue weighted by Gasteiger charge is 2.32. The maximum Gasteiger partial charge on any atom is 0.405 e. The number of hydrogen-bond donors (Lipinski definition) is 2. The maximum absolute atomic E-state index is 12.0. The second kappa shape index (κ2) is 6.88. The predicted octanol–water partition coefficient (Wildman–Crippen LogP) is 1.79. The molecule has 0 heterocycles. The molecule has 0 aromatic carbocycles. The number of alkyl halides is 3. The minimum atomic E-state index is -4.52. The number of halogens is 3. The van der Waals surface area contributed by atoms with Crippen LogP contribution in [0, 0.1) is 0 Å². The van der Waals surface area contributed by atoms with Gasteiger partial charge in [0, 0.05) is 5.54 Å². The lowest BCUT2D eigenvalue weighted by Crippen LogP contribution is -2.52. The first-order valence-corrected chi connectivity index (χ1v) is 6.13. The van der Waals surface area contributed by atoms with E-state index in [4.69, 9.17) is 0 Å². The van der Waals surface area contributed by atoms with Crippen LogP contribution in [-0.4, -0.2) is 36.0 Å². The Morgan fingerprint density at radius 1 is 1.16 bits per heavy atom. The van der Waals surface area contributed by atoms with Gasteiger partial charge in [-0.2, -0.15) is 13.2 Å². The van der Waals surface area contributed by atoms with Gasteiger partial charge in [0.25, 0.3) is 5.91 Å². The Hall–Kier alpha value is -1.11. The van der Waals surface area contributed by atoms with Crippen LogP contribution in [0.15, 0.2) is 0 Å². The van der Waals surface area contributed by atoms with E-state index >= 15 is 0 Å². The first kappa shape index (κ1) is 17.9. The lowest BCUT2D eigenvalue weighted by Gasteiger charge is -2.27. The van der Waals surface area contributed by atoms with E-state index in [0.29, 0.717) is 12.8 Å². The van der Waals surface area contributed by atoms with Crippen LogP contribution in [-0.2, 0) is 9.59 Å². The van der Waals surface area contributed by atoms with Gasteiger partial charge in [0.05, 0.1) is 6.04 Å². The molecule has 0 aromatic rings. The fourth-order valence-electron chi connectivity index (χ4n) is 1.51. The fourth-order valence-corrected chi connectivity index (χ4v) is 1.51. The molecule has 0 bridgehead atoms. The Bertz CT molecular complexity index is 322. The molecule has 0 saturated carbocycles. The molecule has 4 nitrogen and oxygen atoms in total. The molecular weight excluding hydrogens is 261 g/mol. The molecule has 7 heteroatoms. The van der Waals surface area contributed by atoms with Gasteiger partial charge in [-0.3, -0.25) is 9.59 Å². The zero-order chi connectivity index (χ0) is 15.3. The molecule has 112 valence electrons. The molecule has 0 aliphatic rings. The number of amides is 1. The van der Waals surface area contributed by atoms with Crippen molar-refractivity contribution in [3.8, 4) is 0 Å². The molecule has 1 unspecified atom stereocenters. The van der Waals surface area contributed by atoms with Gasteiger partial charge in [0.15, 0.2) is 0 Å². The van der Waals surface area contributed by atoms with E-state index in [9.17, 15) is 22.8 Å². The summed E-state index contributed by atoms with van der Waals surface area (Å²) in [7, 11) is 0. The molecule has 0 saturated heterocycles. The van der Waals surface area contributed by atoms with Crippen molar-refractivity contribution < 1.29 is 22.8 Å². The van der Waals surface area contributed by atoms with Crippen LogP contribution in [0.5, 0.6) is 0 Å². The summed E-state index contributed by atoms with van der Waals surface area (Å²) >= 11 is 0. The second-order valence-corrected chi connectivity index (χ2v) is 5.40. The van der Waals surface area contributed by atoms with Crippen molar-refractivity contribution in [3.05, 3.63) is 0 Å². The quantitative estimate of drug-likeness (QED) is 0.730. The first-order valence-electron chi connectivity index (χ1n) is 6.13. The van der Waals surface area contributed by atoms with Crippen LogP contribution < -0.4 is 10.6 Å². The van der Waals surface area contributed by atoms with Gasteiger partial charge in [-0.25, -0.2) is 0 Å². The maximum atomic E-state index is 12.0. The molecule has 0 fully saturated rings. The van der Waals surface area contributed by atoms with Crippen LogP contribution in [0.4, 0.5) is 13.2 Å². The van der Waals surface area contributed by atoms with Crippen molar-refractivity contribution in [2.75, 3.05) is 6.54 Å². The number of nitrogens with one attached hydrogen (secondary N) is 2. The molecule has 1 atom stereocenters. The standard InChI is InChI=1S/C12H21F3N2O2/c1-5-6-8(17-11(2,3)4)9(18)10(19)16-7-12(13,14)15/h8,17H,5-7H2,1-4H3,(H,16,19). The van der Waals surface area contributed by atoms with Gasteiger partial charge < -0.3 is 10.6 Å². The van der Waals surface area contributed by atoms with Crippen molar-refractivity contribution in [1.29, 1.82) is 0 Å². The van der Waals surface area contributed by atoms with E-state index in [-0.39, 0.29) is 0 Å². The van der Waals surface area contributed by atoms with Gasteiger partial charge in [0.2, 0.25) is 5.78 Å². The van der Waals surface area contributed by atoms with Crippen molar-refractivity contribution in [2.24, 2.45) is 0 Å². The summed E-state index contributed by atoms with van der Waals surface area (Å²) in [5.41, 5.74) is -0.403. The van der Waals surface area contributed by atoms with E-state index in [0.717, 1.165) is 0 Å². The molecule has 0 radical (unpaired) electrons. The van der Waals surface area contributed by atoms with Crippen LogP contribution in [0.1, 0.15) is 40.5 Å². The lowest BCUT2D eigenvalue weighted by atomic mass is 10.0. The monoisotopic (exact) mass is 282 g/mol. The second-order valence-electron chi connectivity index (χ2n) is 5.40. The third-order valence-electron chi connectivity index (χ3n) is 2.17. The van der Waals surface area contributed by atoms with E-state index in [1.165, 1.54) is 0 Å². The average molecular weight is 282 g/mol. The molecule has 1 amide bonds. The smallest absolute Gasteiger partial charge is 0.340 e. The largest absolute Gasteiger partial charge is 0.405 e. The number of ketones is 1. The predicted molar refractivity (Wildman–Crippen MR) is 65.7 cm³/mol. The highest BCUT2D eigenvalue weighted by molar-refractivity contribution is 6.38. The number of Topliss-reactive ketones (excluding diaryl/α,β-unsaturated/α-hetero) is 1. The van der Waals surface area contributed by atoms with Gasteiger partial charge in [-0.05, 0) is 27.2 Å². The van der Waals surface area contributed by atoms with Gasteiger partial charge in [-0.15, -0.1) is 0 Å². The highest BCUT2D eigenvalue weighted by Crippen LogP contribution is 2.12. The van der Waals surface area contributed by atoms with Crippen molar-refractivity contribution in [3.63, 3.8) is 0 Å². The normalized spacial score (nSPS) is 14.1. The van der Waals surface area contributed by atoms with Crippen molar-refractivity contribution >= 4 is 11.7 Å². The molecular formula is C12H21F3N2O2. The van der Waals surface area contributed by atoms with Gasteiger partial charge in [-0.1, -0.05) is 13.3 Å². The number of carbonyl (C=O) groups excluding carboxylic acids is 2. The van der Waals surface area contributed by atoms with E-state index in [2.05, 4.69) is 5.32 Å². The Morgan fingerprint density at radius 2 is 1.68 bits per heavy atom. The zero-order valence-electron chi connectivity index (χ0n) is 11.6. The summed E-state index contributed by atoms with van der Waals surface area (Å²) in [6.45, 7) is 5.79. The molecule has 2 N–H and O–H groups in total. The minimum Gasteiger partial charge on any atom is -0.340 e. The molecule has 0 aliphatic heterocycles. The summed E-state index contributed by atoms with van der Waals surface area (Å²) in [5.74, 6) is -2.06. The van der Waals surface area contributed by atoms with Crippen LogP contribution in [0.25, 0.3) is 0 Å². The summed E-state index contributed by atoms with van der Waals surface area (Å²) in [4.78, 5) is 23.2. The third-order valence-corrected chi connectivity index (χ3v) is 2.17. The average Bonchev–Trinajstić information content (AvgIpc) is 2.21. The highest BCUT2D eigenvalue weighted by atomic mass is 19.4. The zero-order valence-corrected chi connectivity index (χ0v) is 11.6. The number of hydrogen-bond acceptors (Lipinski definition) is 3. The van der Waals surface area contributed by atoms with E-state index in [1.807, 2.05) is 27.7 Å². The van der Waals surface area contributed by atoms with E-state index in [1.54, 1.807) is 5.32 Å². The lowest BCUT2D eigenvalue weighted by molar-refractivity contribution is -0.146. The summed E-state index contributed by atoms with van der Waals surface area (Å²) < 4.78 is 35.9. The SMILES string of the molecule is CCCC(NC(C)(C)C)C(=O)C(=O)NCC(F)(F)F. The third kappa shape index (κ3) is 8.58. The number of rotatable bonds is 6. The molecule has 0 aliphatic carbocycles. The van der Waals surface area contributed by atoms with Gasteiger partial charge >= 0.3 is 6.18 Å². The Labute approximate surface area is 111 Å². The Morgan fingerprint density at radius 3 is 2.05 bits per heavy atom. The summed E-state index contributed by atoms with van der Waals surface area (Å²) in [5, 5.41) is 4.54. The summed E-state index contributed by atoms with van der Waals surface area (Å²) in [6, 6.07) is -0.766. The van der Waals surface area contributed by atoms with Crippen molar-refractivity contribution in [2.45, 2.75) is 58.3 Å².